The van der Waals surface area contributed by atoms with E-state index >= 15 is 0 Å². The monoisotopic (exact) mass is 410 g/mol. The van der Waals surface area contributed by atoms with E-state index in [4.69, 9.17) is 4.74 Å². The fraction of sp³-hybridized carbons (Fsp3) is 0.167. The molecule has 0 aliphatic carbocycles. The van der Waals surface area contributed by atoms with Gasteiger partial charge in [-0.05, 0) is 36.7 Å². The first kappa shape index (κ1) is 20.9. The Hall–Kier alpha value is -2.82. The smallest absolute Gasteiger partial charge is 0.129 e. The maximum absolute atomic E-state index is 13.8. The van der Waals surface area contributed by atoms with Crippen LogP contribution in [0.15, 0.2) is 79.0 Å². The lowest BCUT2D eigenvalue weighted by atomic mass is 10.1. The first-order valence-electron chi connectivity index (χ1n) is 9.51. The quantitative estimate of drug-likeness (QED) is 0.369. The van der Waals surface area contributed by atoms with Crippen molar-refractivity contribution in [3.8, 4) is 5.75 Å². The number of ether oxygens (including phenoxy) is 1. The second-order valence-corrected chi connectivity index (χ2v) is 6.77. The first-order chi connectivity index (χ1) is 13.8. The average molecular weight is 411 g/mol. The summed E-state index contributed by atoms with van der Waals surface area (Å²) in [4.78, 5) is 3.31. The number of halogens is 2. The number of aromatic nitrogens is 1. The van der Waals surface area contributed by atoms with Gasteiger partial charge in [-0.2, -0.15) is 0 Å². The van der Waals surface area contributed by atoms with E-state index in [-0.39, 0.29) is 24.8 Å². The predicted molar refractivity (Wildman–Crippen MR) is 118 cm³/mol. The Morgan fingerprint density at radius 1 is 0.828 bits per heavy atom. The molecule has 1 aromatic heterocycles. The summed E-state index contributed by atoms with van der Waals surface area (Å²) >= 11 is 0. The molecule has 4 rings (SSSR count). The van der Waals surface area contributed by atoms with Crippen molar-refractivity contribution >= 4 is 23.3 Å². The highest BCUT2D eigenvalue weighted by atomic mass is 35.5. The number of nitrogens with one attached hydrogen (secondary N) is 2. The second kappa shape index (κ2) is 10.1. The van der Waals surface area contributed by atoms with Gasteiger partial charge >= 0.3 is 0 Å². The van der Waals surface area contributed by atoms with Gasteiger partial charge in [0.15, 0.2) is 0 Å². The third kappa shape index (κ3) is 5.17. The third-order valence-corrected chi connectivity index (χ3v) is 4.88. The summed E-state index contributed by atoms with van der Waals surface area (Å²) in [7, 11) is 0. The second-order valence-electron chi connectivity index (χ2n) is 6.77. The van der Waals surface area contributed by atoms with Crippen molar-refractivity contribution < 1.29 is 9.13 Å². The number of hydrogen-bond donors (Lipinski definition) is 2. The summed E-state index contributed by atoms with van der Waals surface area (Å²) in [6.07, 6.45) is 3.03. The summed E-state index contributed by atoms with van der Waals surface area (Å²) in [6.45, 7) is 1.79. The van der Waals surface area contributed by atoms with Crippen LogP contribution in [0.3, 0.4) is 0 Å². The van der Waals surface area contributed by atoms with Gasteiger partial charge in [-0.15, -0.1) is 12.4 Å². The van der Waals surface area contributed by atoms with Gasteiger partial charge in [0.1, 0.15) is 18.2 Å². The molecule has 0 aliphatic rings. The molecule has 0 saturated carbocycles. The molecule has 0 saturated heterocycles. The largest absolute Gasteiger partial charge is 0.488 e. The van der Waals surface area contributed by atoms with Crippen molar-refractivity contribution in [2.24, 2.45) is 0 Å². The summed E-state index contributed by atoms with van der Waals surface area (Å²) in [5, 5.41) is 4.76. The predicted octanol–water partition coefficient (Wildman–Crippen LogP) is 5.64. The summed E-state index contributed by atoms with van der Waals surface area (Å²) in [5.41, 5.74) is 4.11. The van der Waals surface area contributed by atoms with Crippen LogP contribution in [0.1, 0.15) is 16.7 Å². The number of rotatable bonds is 8. The lowest BCUT2D eigenvalue weighted by Gasteiger charge is -2.12. The van der Waals surface area contributed by atoms with Crippen molar-refractivity contribution in [3.63, 3.8) is 0 Å². The van der Waals surface area contributed by atoms with Gasteiger partial charge in [0.05, 0.1) is 0 Å². The number of benzene rings is 3. The van der Waals surface area contributed by atoms with Crippen molar-refractivity contribution in [2.45, 2.75) is 19.6 Å². The molecule has 0 atom stereocenters. The van der Waals surface area contributed by atoms with E-state index in [0.717, 1.165) is 24.3 Å². The van der Waals surface area contributed by atoms with E-state index in [1.54, 1.807) is 12.1 Å². The molecule has 0 fully saturated rings. The van der Waals surface area contributed by atoms with Gasteiger partial charge in [0, 0.05) is 34.8 Å². The standard InChI is InChI=1S/C24H23FN2O.ClH/c25-22-10-4-1-8-20(22)17-28-24-12-6-2-7-19(24)15-26-14-13-18-16-27-23-11-5-3-9-21(18)23;/h1-12,16,26-27H,13-15,17H2;1H. The van der Waals surface area contributed by atoms with Gasteiger partial charge < -0.3 is 15.0 Å². The van der Waals surface area contributed by atoms with Crippen LogP contribution in [0.25, 0.3) is 10.9 Å². The lowest BCUT2D eigenvalue weighted by Crippen LogP contribution is -2.17. The Balaban J connectivity index is 0.00000240. The van der Waals surface area contributed by atoms with E-state index in [9.17, 15) is 4.39 Å². The Labute approximate surface area is 176 Å². The average Bonchev–Trinajstić information content (AvgIpc) is 3.14. The van der Waals surface area contributed by atoms with Crippen LogP contribution in [0, 0.1) is 5.82 Å². The molecule has 1 heterocycles. The molecular formula is C24H24ClFN2O. The van der Waals surface area contributed by atoms with E-state index < -0.39 is 0 Å². The SMILES string of the molecule is Cl.Fc1ccccc1COc1ccccc1CNCCc1c[nH]c2ccccc12. The molecule has 2 N–H and O–H groups in total. The summed E-state index contributed by atoms with van der Waals surface area (Å²) in [5.74, 6) is 0.544. The molecule has 150 valence electrons. The van der Waals surface area contributed by atoms with Gasteiger partial charge in [-0.25, -0.2) is 4.39 Å². The first-order valence-corrected chi connectivity index (χ1v) is 9.51. The fourth-order valence-electron chi connectivity index (χ4n) is 3.35. The van der Waals surface area contributed by atoms with Crippen LogP contribution in [-0.4, -0.2) is 11.5 Å². The topological polar surface area (TPSA) is 37.0 Å². The normalized spacial score (nSPS) is 10.7. The maximum Gasteiger partial charge on any atom is 0.129 e. The Morgan fingerprint density at radius 2 is 1.55 bits per heavy atom. The van der Waals surface area contributed by atoms with E-state index in [0.29, 0.717) is 12.1 Å². The summed E-state index contributed by atoms with van der Waals surface area (Å²) < 4.78 is 19.7. The zero-order valence-corrected chi connectivity index (χ0v) is 16.8. The van der Waals surface area contributed by atoms with Crippen LogP contribution >= 0.6 is 12.4 Å². The van der Waals surface area contributed by atoms with Crippen LogP contribution < -0.4 is 10.1 Å². The highest BCUT2D eigenvalue weighted by Gasteiger charge is 2.07. The number of hydrogen-bond acceptors (Lipinski definition) is 2. The third-order valence-electron chi connectivity index (χ3n) is 4.88. The molecule has 3 nitrogen and oxygen atoms in total. The van der Waals surface area contributed by atoms with Crippen molar-refractivity contribution in [1.29, 1.82) is 0 Å². The molecular weight excluding hydrogens is 387 g/mol. The Morgan fingerprint density at radius 3 is 2.41 bits per heavy atom. The molecule has 0 unspecified atom stereocenters. The van der Waals surface area contributed by atoms with Crippen LogP contribution in [0.4, 0.5) is 4.39 Å². The molecule has 0 bridgehead atoms. The number of fused-ring (bicyclic) bond motifs is 1. The molecule has 4 aromatic rings. The molecule has 0 radical (unpaired) electrons. The minimum atomic E-state index is -0.239. The van der Waals surface area contributed by atoms with Crippen LogP contribution in [0.2, 0.25) is 0 Å². The minimum Gasteiger partial charge on any atom is -0.488 e. The number of para-hydroxylation sites is 2. The zero-order chi connectivity index (χ0) is 19.2. The van der Waals surface area contributed by atoms with Gasteiger partial charge in [0.2, 0.25) is 0 Å². The van der Waals surface area contributed by atoms with E-state index in [1.807, 2.05) is 36.4 Å². The highest BCUT2D eigenvalue weighted by Crippen LogP contribution is 2.21. The summed E-state index contributed by atoms with van der Waals surface area (Å²) in [6, 6.07) is 22.9. The van der Waals surface area contributed by atoms with E-state index in [2.05, 4.69) is 34.7 Å². The van der Waals surface area contributed by atoms with Crippen LogP contribution in [-0.2, 0) is 19.6 Å². The molecule has 0 amide bonds. The Kier molecular flexibility index (Phi) is 7.28. The van der Waals surface area contributed by atoms with Gasteiger partial charge in [-0.1, -0.05) is 54.6 Å². The molecule has 0 spiro atoms. The fourth-order valence-corrected chi connectivity index (χ4v) is 3.35. The molecule has 29 heavy (non-hydrogen) atoms. The highest BCUT2D eigenvalue weighted by molar-refractivity contribution is 5.85. The van der Waals surface area contributed by atoms with Crippen molar-refractivity contribution in [1.82, 2.24) is 10.3 Å². The van der Waals surface area contributed by atoms with Crippen molar-refractivity contribution in [2.75, 3.05) is 6.54 Å². The molecule has 3 aromatic carbocycles. The number of H-pyrrole nitrogens is 1. The van der Waals surface area contributed by atoms with E-state index in [1.165, 1.54) is 22.5 Å². The molecule has 5 heteroatoms. The zero-order valence-electron chi connectivity index (χ0n) is 16.0. The van der Waals surface area contributed by atoms with Gasteiger partial charge in [0.25, 0.3) is 0 Å². The van der Waals surface area contributed by atoms with Gasteiger partial charge in [-0.3, -0.25) is 0 Å². The van der Waals surface area contributed by atoms with Crippen molar-refractivity contribution in [3.05, 3.63) is 102 Å². The number of aromatic amines is 1. The minimum absolute atomic E-state index is 0. The van der Waals surface area contributed by atoms with Crippen LogP contribution in [0.5, 0.6) is 5.75 Å². The maximum atomic E-state index is 13.8. The Bertz CT molecular complexity index is 1060. The molecule has 0 aliphatic heterocycles. The lowest BCUT2D eigenvalue weighted by molar-refractivity contribution is 0.296.